The van der Waals surface area contributed by atoms with Crippen molar-refractivity contribution in [1.29, 1.82) is 0 Å². The molecule has 0 spiro atoms. The molecule has 8 nitrogen and oxygen atoms in total. The highest BCUT2D eigenvalue weighted by molar-refractivity contribution is 7.93. The Morgan fingerprint density at radius 2 is 2.03 bits per heavy atom. The molecular formula is C21H23N5O3S. The maximum Gasteiger partial charge on any atom is 0.254 e. The highest BCUT2D eigenvalue weighted by Gasteiger charge is 2.28. The van der Waals surface area contributed by atoms with Crippen LogP contribution in [0.25, 0.3) is 11.4 Å². The lowest BCUT2D eigenvalue weighted by molar-refractivity contribution is 0.599. The number of pyridine rings is 1. The smallest absolute Gasteiger partial charge is 0.254 e. The molecule has 4 rings (SSSR count). The Morgan fingerprint density at radius 1 is 1.20 bits per heavy atom. The van der Waals surface area contributed by atoms with E-state index in [0.29, 0.717) is 48.1 Å². The van der Waals surface area contributed by atoms with Gasteiger partial charge in [0.05, 0.1) is 11.4 Å². The third-order valence-corrected chi connectivity index (χ3v) is 7.07. The molecule has 3 aromatic rings. The van der Waals surface area contributed by atoms with E-state index in [4.69, 9.17) is 0 Å². The normalized spacial score (nSPS) is 15.3. The quantitative estimate of drug-likeness (QED) is 0.651. The summed E-state index contributed by atoms with van der Waals surface area (Å²) >= 11 is 0. The number of benzene rings is 1. The van der Waals surface area contributed by atoms with E-state index in [2.05, 4.69) is 20.3 Å². The van der Waals surface area contributed by atoms with Crippen molar-refractivity contribution in [2.75, 3.05) is 21.9 Å². The molecule has 1 saturated heterocycles. The molecule has 1 aliphatic rings. The van der Waals surface area contributed by atoms with Gasteiger partial charge in [-0.15, -0.1) is 0 Å². The van der Waals surface area contributed by atoms with E-state index in [9.17, 15) is 13.2 Å². The number of aromatic amines is 1. The van der Waals surface area contributed by atoms with Gasteiger partial charge in [0.25, 0.3) is 5.56 Å². The fraction of sp³-hybridized carbons (Fsp3) is 0.286. The lowest BCUT2D eigenvalue weighted by Gasteiger charge is -2.17. The van der Waals surface area contributed by atoms with Gasteiger partial charge in [-0.25, -0.2) is 18.4 Å². The molecule has 0 aliphatic carbocycles. The molecule has 0 radical (unpaired) electrons. The highest BCUT2D eigenvalue weighted by Crippen LogP contribution is 2.25. The number of nitrogens with zero attached hydrogens (tertiary/aromatic N) is 3. The van der Waals surface area contributed by atoms with Crippen LogP contribution in [-0.4, -0.2) is 35.7 Å². The van der Waals surface area contributed by atoms with Crippen molar-refractivity contribution in [3.05, 3.63) is 69.8 Å². The molecule has 9 heteroatoms. The number of anilines is 2. The molecule has 30 heavy (non-hydrogen) atoms. The van der Waals surface area contributed by atoms with E-state index < -0.39 is 10.0 Å². The summed E-state index contributed by atoms with van der Waals surface area (Å²) in [5.74, 6) is 1.36. The summed E-state index contributed by atoms with van der Waals surface area (Å²) in [6, 6.07) is 11.2. The van der Waals surface area contributed by atoms with Crippen LogP contribution in [0.2, 0.25) is 0 Å². The first-order valence-corrected chi connectivity index (χ1v) is 11.3. The molecule has 1 fully saturated rings. The van der Waals surface area contributed by atoms with Crippen molar-refractivity contribution in [3.8, 4) is 11.4 Å². The van der Waals surface area contributed by atoms with E-state index in [-0.39, 0.29) is 11.3 Å². The summed E-state index contributed by atoms with van der Waals surface area (Å²) in [5.41, 5.74) is 3.52. The van der Waals surface area contributed by atoms with Crippen LogP contribution in [0.5, 0.6) is 0 Å². The SMILES string of the molecule is Cc1nc(-c2ccc(NCc3cccc(N4CCCS4(=O)=O)c3)nc2)[nH]c(=O)c1C. The van der Waals surface area contributed by atoms with Crippen LogP contribution in [0.4, 0.5) is 11.5 Å². The van der Waals surface area contributed by atoms with E-state index in [0.717, 1.165) is 11.1 Å². The fourth-order valence-electron chi connectivity index (χ4n) is 3.36. The molecule has 0 saturated carbocycles. The average Bonchev–Trinajstić information content (AvgIpc) is 3.09. The Morgan fingerprint density at radius 3 is 2.70 bits per heavy atom. The van der Waals surface area contributed by atoms with Gasteiger partial charge in [0.1, 0.15) is 11.6 Å². The molecule has 0 unspecified atom stereocenters. The van der Waals surface area contributed by atoms with E-state index in [1.165, 1.54) is 4.31 Å². The predicted molar refractivity (Wildman–Crippen MR) is 117 cm³/mol. The maximum atomic E-state index is 12.1. The number of H-pyrrole nitrogens is 1. The lowest BCUT2D eigenvalue weighted by Crippen LogP contribution is -2.25. The number of hydrogen-bond acceptors (Lipinski definition) is 6. The second-order valence-electron chi connectivity index (χ2n) is 7.32. The van der Waals surface area contributed by atoms with Gasteiger partial charge in [-0.2, -0.15) is 0 Å². The van der Waals surface area contributed by atoms with E-state index >= 15 is 0 Å². The van der Waals surface area contributed by atoms with E-state index in [1.807, 2.05) is 36.4 Å². The zero-order chi connectivity index (χ0) is 21.3. The lowest BCUT2D eigenvalue weighted by atomic mass is 10.2. The molecular weight excluding hydrogens is 402 g/mol. The summed E-state index contributed by atoms with van der Waals surface area (Å²) in [7, 11) is -3.19. The van der Waals surface area contributed by atoms with Crippen molar-refractivity contribution >= 4 is 21.5 Å². The summed E-state index contributed by atoms with van der Waals surface area (Å²) in [6.07, 6.45) is 2.31. The topological polar surface area (TPSA) is 108 Å². The molecule has 1 aromatic carbocycles. The number of rotatable bonds is 5. The predicted octanol–water partition coefficient (Wildman–Crippen LogP) is 2.60. The Labute approximate surface area is 175 Å². The first-order valence-electron chi connectivity index (χ1n) is 9.71. The molecule has 0 amide bonds. The fourth-order valence-corrected chi connectivity index (χ4v) is 4.92. The third kappa shape index (κ3) is 4.06. The molecule has 0 atom stereocenters. The Balaban J connectivity index is 1.46. The Kier molecular flexibility index (Phi) is 5.29. The van der Waals surface area contributed by atoms with Gasteiger partial charge < -0.3 is 10.3 Å². The van der Waals surface area contributed by atoms with Crippen molar-refractivity contribution in [3.63, 3.8) is 0 Å². The van der Waals surface area contributed by atoms with Crippen LogP contribution in [-0.2, 0) is 16.6 Å². The number of aryl methyl sites for hydroxylation is 1. The van der Waals surface area contributed by atoms with Crippen LogP contribution < -0.4 is 15.2 Å². The molecule has 0 bridgehead atoms. The average molecular weight is 426 g/mol. The minimum Gasteiger partial charge on any atom is -0.366 e. The third-order valence-electron chi connectivity index (χ3n) is 5.20. The standard InChI is InChI=1S/C21H23N5O3S/c1-14-15(2)24-20(25-21(14)27)17-7-8-19(23-13-17)22-12-16-5-3-6-18(11-16)26-9-4-10-30(26,28)29/h3,5-8,11,13H,4,9-10,12H2,1-2H3,(H,22,23)(H,24,25,27). The Bertz CT molecular complexity index is 1240. The van der Waals surface area contributed by atoms with Gasteiger partial charge in [-0.05, 0) is 50.1 Å². The number of hydrogen-bond donors (Lipinski definition) is 2. The van der Waals surface area contributed by atoms with Gasteiger partial charge in [-0.1, -0.05) is 12.1 Å². The zero-order valence-electron chi connectivity index (χ0n) is 16.8. The minimum absolute atomic E-state index is 0.153. The van der Waals surface area contributed by atoms with Crippen LogP contribution in [0.3, 0.4) is 0 Å². The summed E-state index contributed by atoms with van der Waals surface area (Å²) in [4.78, 5) is 23.5. The van der Waals surface area contributed by atoms with Crippen molar-refractivity contribution in [1.82, 2.24) is 15.0 Å². The molecule has 1 aliphatic heterocycles. The van der Waals surface area contributed by atoms with Gasteiger partial charge >= 0.3 is 0 Å². The second kappa shape index (κ2) is 7.91. The highest BCUT2D eigenvalue weighted by atomic mass is 32.2. The van der Waals surface area contributed by atoms with Crippen molar-refractivity contribution < 1.29 is 8.42 Å². The number of sulfonamides is 1. The van der Waals surface area contributed by atoms with Crippen molar-refractivity contribution in [2.45, 2.75) is 26.8 Å². The second-order valence-corrected chi connectivity index (χ2v) is 9.34. The first kappa shape index (κ1) is 20.1. The van der Waals surface area contributed by atoms with Crippen LogP contribution in [0, 0.1) is 13.8 Å². The van der Waals surface area contributed by atoms with Crippen LogP contribution in [0.15, 0.2) is 47.4 Å². The molecule has 3 heterocycles. The number of aromatic nitrogens is 3. The zero-order valence-corrected chi connectivity index (χ0v) is 17.7. The van der Waals surface area contributed by atoms with E-state index in [1.54, 1.807) is 20.0 Å². The number of nitrogens with one attached hydrogen (secondary N) is 2. The summed E-state index contributed by atoms with van der Waals surface area (Å²) in [5, 5.41) is 3.24. The largest absolute Gasteiger partial charge is 0.366 e. The molecule has 2 N–H and O–H groups in total. The van der Waals surface area contributed by atoms with Gasteiger partial charge in [0.2, 0.25) is 10.0 Å². The van der Waals surface area contributed by atoms with Gasteiger partial charge in [0.15, 0.2) is 0 Å². The molecule has 156 valence electrons. The Hall–Kier alpha value is -3.20. The monoisotopic (exact) mass is 425 g/mol. The summed E-state index contributed by atoms with van der Waals surface area (Å²) in [6.45, 7) is 4.58. The first-order chi connectivity index (χ1) is 14.3. The summed E-state index contributed by atoms with van der Waals surface area (Å²) < 4.78 is 25.7. The maximum absolute atomic E-state index is 12.1. The van der Waals surface area contributed by atoms with Gasteiger partial charge in [0, 0.05) is 36.1 Å². The van der Waals surface area contributed by atoms with Crippen molar-refractivity contribution in [2.24, 2.45) is 0 Å². The minimum atomic E-state index is -3.19. The van der Waals surface area contributed by atoms with Gasteiger partial charge in [-0.3, -0.25) is 9.10 Å². The van der Waals surface area contributed by atoms with Crippen LogP contribution >= 0.6 is 0 Å². The molecule has 2 aromatic heterocycles. The van der Waals surface area contributed by atoms with Crippen LogP contribution in [0.1, 0.15) is 23.2 Å².